The summed E-state index contributed by atoms with van der Waals surface area (Å²) in [6.07, 6.45) is 4.75. The Hall–Kier alpha value is -1.36. The Labute approximate surface area is 109 Å². The van der Waals surface area contributed by atoms with E-state index in [0.717, 1.165) is 30.2 Å². The molecule has 2 rings (SSSR count). The highest BCUT2D eigenvalue weighted by atomic mass is 15.3. The summed E-state index contributed by atoms with van der Waals surface area (Å²) in [6, 6.07) is 0. The Bertz CT molecular complexity index is 426. The Morgan fingerprint density at radius 3 is 2.44 bits per heavy atom. The standard InChI is InChI=1S/C13H23N5/c1-4-10-16-11(9(2)12(17-10)18-14)15-8-13(3)6-5-7-13/h4-8,14H2,1-3H3,(H2,15,16,17,18). The number of nitrogens with two attached hydrogens (primary N) is 1. The molecule has 1 fully saturated rings. The highest BCUT2D eigenvalue weighted by Crippen LogP contribution is 2.40. The number of anilines is 2. The van der Waals surface area contributed by atoms with Crippen LogP contribution < -0.4 is 16.6 Å². The van der Waals surface area contributed by atoms with Crippen LogP contribution in [0.3, 0.4) is 0 Å². The second-order valence-corrected chi connectivity index (χ2v) is 5.48. The number of nitrogen functional groups attached to an aromatic ring is 1. The summed E-state index contributed by atoms with van der Waals surface area (Å²) in [4.78, 5) is 8.90. The van der Waals surface area contributed by atoms with E-state index in [-0.39, 0.29) is 0 Å². The molecule has 18 heavy (non-hydrogen) atoms. The monoisotopic (exact) mass is 249 g/mol. The van der Waals surface area contributed by atoms with Gasteiger partial charge in [-0.25, -0.2) is 15.8 Å². The van der Waals surface area contributed by atoms with Gasteiger partial charge in [0.2, 0.25) is 0 Å². The minimum atomic E-state index is 0.431. The van der Waals surface area contributed by atoms with Crippen molar-refractivity contribution in [2.45, 2.75) is 46.5 Å². The maximum Gasteiger partial charge on any atom is 0.148 e. The lowest BCUT2D eigenvalue weighted by Gasteiger charge is -2.38. The highest BCUT2D eigenvalue weighted by molar-refractivity contribution is 5.56. The smallest absolute Gasteiger partial charge is 0.148 e. The van der Waals surface area contributed by atoms with Crippen LogP contribution >= 0.6 is 0 Å². The maximum absolute atomic E-state index is 5.49. The molecule has 1 heterocycles. The number of aromatic nitrogens is 2. The molecular formula is C13H23N5. The van der Waals surface area contributed by atoms with Crippen molar-refractivity contribution in [2.24, 2.45) is 11.3 Å². The van der Waals surface area contributed by atoms with Crippen molar-refractivity contribution in [3.8, 4) is 0 Å². The number of hydrazine groups is 1. The maximum atomic E-state index is 5.49. The fourth-order valence-corrected chi connectivity index (χ4v) is 2.29. The van der Waals surface area contributed by atoms with E-state index >= 15 is 0 Å². The van der Waals surface area contributed by atoms with Crippen LogP contribution in [0.5, 0.6) is 0 Å². The molecule has 5 heteroatoms. The molecule has 1 aromatic heterocycles. The van der Waals surface area contributed by atoms with Gasteiger partial charge in [-0.15, -0.1) is 0 Å². The average Bonchev–Trinajstić information content (AvgIpc) is 2.35. The molecule has 1 aromatic rings. The topological polar surface area (TPSA) is 75.9 Å². The molecule has 0 spiro atoms. The summed E-state index contributed by atoms with van der Waals surface area (Å²) in [5, 5.41) is 3.46. The molecule has 1 saturated carbocycles. The molecule has 0 amide bonds. The molecule has 4 N–H and O–H groups in total. The third kappa shape index (κ3) is 2.56. The molecule has 100 valence electrons. The van der Waals surface area contributed by atoms with Crippen molar-refractivity contribution in [1.29, 1.82) is 0 Å². The van der Waals surface area contributed by atoms with E-state index in [1.54, 1.807) is 0 Å². The van der Waals surface area contributed by atoms with Crippen molar-refractivity contribution in [3.63, 3.8) is 0 Å². The first-order valence-corrected chi connectivity index (χ1v) is 6.66. The normalized spacial score (nSPS) is 17.1. The van der Waals surface area contributed by atoms with Gasteiger partial charge in [0.1, 0.15) is 17.5 Å². The summed E-state index contributed by atoms with van der Waals surface area (Å²) >= 11 is 0. The van der Waals surface area contributed by atoms with Crippen molar-refractivity contribution < 1.29 is 0 Å². The summed E-state index contributed by atoms with van der Waals surface area (Å²) in [5.41, 5.74) is 4.06. The second kappa shape index (κ2) is 5.10. The molecule has 0 radical (unpaired) electrons. The van der Waals surface area contributed by atoms with Gasteiger partial charge >= 0.3 is 0 Å². The zero-order valence-electron chi connectivity index (χ0n) is 11.5. The number of rotatable bonds is 5. The van der Waals surface area contributed by atoms with Gasteiger partial charge in [-0.05, 0) is 25.2 Å². The van der Waals surface area contributed by atoms with E-state index < -0.39 is 0 Å². The summed E-state index contributed by atoms with van der Waals surface area (Å²) in [7, 11) is 0. The van der Waals surface area contributed by atoms with Crippen molar-refractivity contribution in [3.05, 3.63) is 11.4 Å². The predicted molar refractivity (Wildman–Crippen MR) is 74.4 cm³/mol. The number of hydrogen-bond acceptors (Lipinski definition) is 5. The van der Waals surface area contributed by atoms with Crippen molar-refractivity contribution in [2.75, 3.05) is 17.3 Å². The summed E-state index contributed by atoms with van der Waals surface area (Å²) < 4.78 is 0. The molecule has 1 aliphatic rings. The molecule has 0 aliphatic heterocycles. The number of nitrogens with zero attached hydrogens (tertiary/aromatic N) is 2. The van der Waals surface area contributed by atoms with Crippen LogP contribution in [0, 0.1) is 12.3 Å². The Kier molecular flexibility index (Phi) is 3.71. The lowest BCUT2D eigenvalue weighted by Crippen LogP contribution is -2.33. The van der Waals surface area contributed by atoms with E-state index in [1.165, 1.54) is 19.3 Å². The molecule has 5 nitrogen and oxygen atoms in total. The molecule has 0 atom stereocenters. The first-order chi connectivity index (χ1) is 8.58. The zero-order valence-corrected chi connectivity index (χ0v) is 11.5. The minimum absolute atomic E-state index is 0.431. The summed E-state index contributed by atoms with van der Waals surface area (Å²) in [6.45, 7) is 7.32. The molecule has 0 saturated heterocycles. The SMILES string of the molecule is CCc1nc(NN)c(C)c(NCC2(C)CCC2)n1. The van der Waals surface area contributed by atoms with E-state index in [2.05, 4.69) is 27.6 Å². The van der Waals surface area contributed by atoms with Crippen LogP contribution in [0.25, 0.3) is 0 Å². The Balaban J connectivity index is 2.15. The molecule has 0 unspecified atom stereocenters. The predicted octanol–water partition coefficient (Wildman–Crippen LogP) is 2.24. The summed E-state index contributed by atoms with van der Waals surface area (Å²) in [5.74, 6) is 7.93. The largest absolute Gasteiger partial charge is 0.369 e. The minimum Gasteiger partial charge on any atom is -0.369 e. The number of nitrogens with one attached hydrogen (secondary N) is 2. The van der Waals surface area contributed by atoms with Crippen LogP contribution in [0.15, 0.2) is 0 Å². The van der Waals surface area contributed by atoms with Crippen molar-refractivity contribution in [1.82, 2.24) is 9.97 Å². The molecular weight excluding hydrogens is 226 g/mol. The van der Waals surface area contributed by atoms with Gasteiger partial charge in [-0.2, -0.15) is 0 Å². The van der Waals surface area contributed by atoms with E-state index in [1.807, 2.05) is 13.8 Å². The van der Waals surface area contributed by atoms with Crippen molar-refractivity contribution >= 4 is 11.6 Å². The third-order valence-corrected chi connectivity index (χ3v) is 3.89. The van der Waals surface area contributed by atoms with E-state index in [4.69, 9.17) is 5.84 Å². The van der Waals surface area contributed by atoms with Crippen LogP contribution in [0.4, 0.5) is 11.6 Å². The lowest BCUT2D eigenvalue weighted by atomic mass is 9.70. The van der Waals surface area contributed by atoms with Gasteiger partial charge in [0, 0.05) is 18.5 Å². The van der Waals surface area contributed by atoms with Crippen LogP contribution in [-0.4, -0.2) is 16.5 Å². The quantitative estimate of drug-likeness (QED) is 0.551. The Morgan fingerprint density at radius 2 is 1.94 bits per heavy atom. The lowest BCUT2D eigenvalue weighted by molar-refractivity contribution is 0.180. The first kappa shape index (κ1) is 13.1. The third-order valence-electron chi connectivity index (χ3n) is 3.89. The first-order valence-electron chi connectivity index (χ1n) is 6.66. The number of hydrogen-bond donors (Lipinski definition) is 3. The van der Waals surface area contributed by atoms with Crippen LogP contribution in [0.2, 0.25) is 0 Å². The van der Waals surface area contributed by atoms with Gasteiger partial charge in [-0.1, -0.05) is 20.3 Å². The van der Waals surface area contributed by atoms with Gasteiger partial charge in [-0.3, -0.25) is 0 Å². The fourth-order valence-electron chi connectivity index (χ4n) is 2.29. The van der Waals surface area contributed by atoms with Gasteiger partial charge in [0.05, 0.1) is 0 Å². The van der Waals surface area contributed by atoms with Gasteiger partial charge in [0.25, 0.3) is 0 Å². The molecule has 0 aromatic carbocycles. The Morgan fingerprint density at radius 1 is 1.28 bits per heavy atom. The average molecular weight is 249 g/mol. The molecule has 0 bridgehead atoms. The highest BCUT2D eigenvalue weighted by Gasteiger charge is 2.31. The van der Waals surface area contributed by atoms with Gasteiger partial charge in [0.15, 0.2) is 0 Å². The van der Waals surface area contributed by atoms with Crippen LogP contribution in [-0.2, 0) is 6.42 Å². The number of aryl methyl sites for hydroxylation is 1. The van der Waals surface area contributed by atoms with Gasteiger partial charge < -0.3 is 10.7 Å². The van der Waals surface area contributed by atoms with E-state index in [9.17, 15) is 0 Å². The van der Waals surface area contributed by atoms with Crippen LogP contribution in [0.1, 0.15) is 44.5 Å². The van der Waals surface area contributed by atoms with E-state index in [0.29, 0.717) is 11.2 Å². The molecule has 1 aliphatic carbocycles. The fraction of sp³-hybridized carbons (Fsp3) is 0.692. The zero-order chi connectivity index (χ0) is 13.2. The second-order valence-electron chi connectivity index (χ2n) is 5.48.